The molecule has 1 N–H and O–H groups in total. The number of cyclic esters (lactones) is 1. The highest BCUT2D eigenvalue weighted by Gasteiger charge is 2.51. The zero-order chi connectivity index (χ0) is 36.0. The van der Waals surface area contributed by atoms with Crippen molar-refractivity contribution in [2.45, 2.75) is 103 Å². The number of Topliss-reactive ketones (excluding diaryl/α,β-unsaturated/α-hetero) is 1. The van der Waals surface area contributed by atoms with E-state index in [2.05, 4.69) is 16.7 Å². The Bertz CT molecular complexity index is 1230. The van der Waals surface area contributed by atoms with Gasteiger partial charge in [-0.25, -0.2) is 4.39 Å². The Labute approximate surface area is 287 Å². The van der Waals surface area contributed by atoms with E-state index >= 15 is 0 Å². The van der Waals surface area contributed by atoms with Gasteiger partial charge in [-0.1, -0.05) is 38.1 Å². The summed E-state index contributed by atoms with van der Waals surface area (Å²) in [5.41, 5.74) is -1.42. The summed E-state index contributed by atoms with van der Waals surface area (Å²) in [6, 6.07) is 6.04. The number of carbonyl (C=O) groups is 2. The first-order chi connectivity index (χ1) is 22.4. The van der Waals surface area contributed by atoms with Gasteiger partial charge in [-0.2, -0.15) is 0 Å². The second kappa shape index (κ2) is 17.1. The van der Waals surface area contributed by atoms with Gasteiger partial charge in [-0.05, 0) is 92.3 Å². The van der Waals surface area contributed by atoms with Crippen LogP contribution in [-0.4, -0.2) is 129 Å². The topological polar surface area (TPSA) is 101 Å². The zero-order valence-corrected chi connectivity index (χ0v) is 30.9. The van der Waals surface area contributed by atoms with E-state index in [0.717, 1.165) is 5.56 Å². The monoisotopic (exact) mass is 677 g/mol. The average molecular weight is 678 g/mol. The second-order valence-corrected chi connectivity index (χ2v) is 15.1. The molecule has 0 saturated carbocycles. The number of aliphatic hydroxyl groups excluding tert-OH is 1. The molecule has 2 heterocycles. The van der Waals surface area contributed by atoms with Crippen LogP contribution in [0.3, 0.4) is 0 Å². The van der Waals surface area contributed by atoms with E-state index in [1.165, 1.54) is 12.1 Å². The number of benzene rings is 1. The summed E-state index contributed by atoms with van der Waals surface area (Å²) in [5, 5.41) is 11.3. The number of likely N-dealkylation sites (N-methyl/N-ethyl adjacent to an activating group) is 3. The first-order valence-corrected chi connectivity index (χ1v) is 17.1. The average Bonchev–Trinajstić information content (AvgIpc) is 3.02. The molecule has 2 aliphatic heterocycles. The molecule has 0 amide bonds. The third-order valence-corrected chi connectivity index (χ3v) is 10.1. The number of aliphatic hydroxyl groups is 1. The van der Waals surface area contributed by atoms with Gasteiger partial charge in [-0.15, -0.1) is 0 Å². The van der Waals surface area contributed by atoms with Crippen LogP contribution in [-0.2, 0) is 35.1 Å². The van der Waals surface area contributed by atoms with Crippen LogP contribution in [0.25, 0.3) is 0 Å². The molecule has 3 rings (SSSR count). The molecule has 2 saturated heterocycles. The molecule has 11 heteroatoms. The van der Waals surface area contributed by atoms with E-state index < -0.39 is 41.4 Å². The Kier molecular flexibility index (Phi) is 14.3. The Morgan fingerprint density at radius 2 is 1.75 bits per heavy atom. The summed E-state index contributed by atoms with van der Waals surface area (Å²) >= 11 is 0. The molecule has 1 aromatic carbocycles. The van der Waals surface area contributed by atoms with Gasteiger partial charge in [0.1, 0.15) is 23.9 Å². The van der Waals surface area contributed by atoms with Gasteiger partial charge in [-0.3, -0.25) is 19.4 Å². The van der Waals surface area contributed by atoms with Crippen molar-refractivity contribution < 1.29 is 38.0 Å². The van der Waals surface area contributed by atoms with Gasteiger partial charge in [0.25, 0.3) is 0 Å². The number of nitrogens with zero attached hydrogens (tertiary/aromatic N) is 3. The minimum atomic E-state index is -1.47. The summed E-state index contributed by atoms with van der Waals surface area (Å²) in [5.74, 6) is -1.91. The van der Waals surface area contributed by atoms with Gasteiger partial charge in [0.2, 0.25) is 0 Å². The lowest BCUT2D eigenvalue weighted by Crippen LogP contribution is -2.59. The maximum absolute atomic E-state index is 14.2. The van der Waals surface area contributed by atoms with Gasteiger partial charge in [0.05, 0.1) is 23.9 Å². The van der Waals surface area contributed by atoms with Crippen molar-refractivity contribution in [3.05, 3.63) is 47.8 Å². The number of rotatable bonds is 9. The van der Waals surface area contributed by atoms with E-state index in [4.69, 9.17) is 18.9 Å². The molecule has 10 nitrogen and oxygen atoms in total. The van der Waals surface area contributed by atoms with E-state index in [9.17, 15) is 19.1 Å². The standard InChI is InChI=1S/C37H60FN3O7/c1-24-20-37(6,45-11)33(48-34-31(42)30(39(7)8)19-25(2)47-34)26(3)32(43)36(4,5)35(44)46-23-29(41(10)21-24)13-12-18-40(9)22-27-14-16-28(38)17-15-27/h12-17,24-26,29-31,33-34,42H,18-23H2,1-11H3/b13-12+/t24-,25-,26+,29-,30+,31-,33-,34+,37-/m1/s1. The molecule has 0 aliphatic carbocycles. The Hall–Kier alpha value is -2.25. The van der Waals surface area contributed by atoms with Gasteiger partial charge in [0.15, 0.2) is 12.1 Å². The van der Waals surface area contributed by atoms with Crippen LogP contribution in [0.1, 0.15) is 59.9 Å². The van der Waals surface area contributed by atoms with E-state index in [1.54, 1.807) is 40.0 Å². The molecule has 0 radical (unpaired) electrons. The number of esters is 1. The summed E-state index contributed by atoms with van der Waals surface area (Å²) in [4.78, 5) is 34.0. The maximum atomic E-state index is 14.2. The fraction of sp³-hybridized carbons (Fsp3) is 0.730. The van der Waals surface area contributed by atoms with Gasteiger partial charge >= 0.3 is 5.97 Å². The Balaban J connectivity index is 1.88. The van der Waals surface area contributed by atoms with Crippen LogP contribution < -0.4 is 0 Å². The Morgan fingerprint density at radius 3 is 2.35 bits per heavy atom. The molecule has 0 bridgehead atoms. The maximum Gasteiger partial charge on any atom is 0.319 e. The van der Waals surface area contributed by atoms with Crippen molar-refractivity contribution in [2.24, 2.45) is 17.3 Å². The number of ether oxygens (including phenoxy) is 4. The second-order valence-electron chi connectivity index (χ2n) is 15.1. The molecule has 1 aromatic rings. The van der Waals surface area contributed by atoms with Crippen LogP contribution in [0.4, 0.5) is 4.39 Å². The smallest absolute Gasteiger partial charge is 0.319 e. The summed E-state index contributed by atoms with van der Waals surface area (Å²) in [6.07, 6.45) is 2.30. The van der Waals surface area contributed by atoms with E-state index in [1.807, 2.05) is 59.1 Å². The number of halogens is 1. The number of hydrogen-bond acceptors (Lipinski definition) is 10. The first kappa shape index (κ1) is 40.2. The van der Waals surface area contributed by atoms with Crippen LogP contribution in [0.2, 0.25) is 0 Å². The molecular weight excluding hydrogens is 617 g/mol. The molecule has 2 aliphatic rings. The van der Waals surface area contributed by atoms with Crippen molar-refractivity contribution in [3.8, 4) is 0 Å². The van der Waals surface area contributed by atoms with Crippen molar-refractivity contribution in [1.29, 1.82) is 0 Å². The predicted octanol–water partition coefficient (Wildman–Crippen LogP) is 4.14. The lowest BCUT2D eigenvalue weighted by molar-refractivity contribution is -0.295. The van der Waals surface area contributed by atoms with E-state index in [-0.39, 0.29) is 42.3 Å². The highest BCUT2D eigenvalue weighted by Crippen LogP contribution is 2.38. The minimum absolute atomic E-state index is 0.0821. The highest BCUT2D eigenvalue weighted by molar-refractivity contribution is 6.04. The fourth-order valence-corrected chi connectivity index (χ4v) is 7.13. The van der Waals surface area contributed by atoms with Crippen molar-refractivity contribution in [3.63, 3.8) is 0 Å². The quantitative estimate of drug-likeness (QED) is 0.233. The molecule has 48 heavy (non-hydrogen) atoms. The molecular formula is C37H60FN3O7. The van der Waals surface area contributed by atoms with Crippen LogP contribution in [0.15, 0.2) is 36.4 Å². The number of methoxy groups -OCH3 is 1. The molecule has 2 fully saturated rings. The fourth-order valence-electron chi connectivity index (χ4n) is 7.13. The molecule has 272 valence electrons. The number of hydrogen-bond donors (Lipinski definition) is 1. The molecule has 0 spiro atoms. The third kappa shape index (κ3) is 10.2. The summed E-state index contributed by atoms with van der Waals surface area (Å²) in [7, 11) is 9.41. The summed E-state index contributed by atoms with van der Waals surface area (Å²) < 4.78 is 38.1. The third-order valence-electron chi connectivity index (χ3n) is 10.1. The first-order valence-electron chi connectivity index (χ1n) is 17.1. The largest absolute Gasteiger partial charge is 0.463 e. The molecule has 9 atom stereocenters. The lowest BCUT2D eigenvalue weighted by Gasteiger charge is -2.47. The zero-order valence-electron chi connectivity index (χ0n) is 30.9. The van der Waals surface area contributed by atoms with Gasteiger partial charge in [0, 0.05) is 38.7 Å². The normalized spacial score (nSPS) is 34.6. The van der Waals surface area contributed by atoms with Gasteiger partial charge < -0.3 is 29.0 Å². The van der Waals surface area contributed by atoms with Crippen LogP contribution in [0, 0.1) is 23.1 Å². The van der Waals surface area contributed by atoms with E-state index in [0.29, 0.717) is 32.5 Å². The van der Waals surface area contributed by atoms with Crippen molar-refractivity contribution in [2.75, 3.05) is 55.0 Å². The lowest BCUT2D eigenvalue weighted by atomic mass is 9.74. The SMILES string of the molecule is CO[C@]1(C)C[C@@H](C)CN(C)[C@H](/C=C/CN(C)Cc2ccc(F)cc2)COC(=O)C(C)(C)C(=O)[C@H](C)[C@H]1O[C@@H]1O[C@H](C)C[C@H](N(C)C)[C@H]1O. The Morgan fingerprint density at radius 1 is 1.10 bits per heavy atom. The molecule has 0 aromatic heterocycles. The minimum Gasteiger partial charge on any atom is -0.463 e. The summed E-state index contributed by atoms with van der Waals surface area (Å²) in [6.45, 7) is 13.0. The van der Waals surface area contributed by atoms with Crippen molar-refractivity contribution >= 4 is 11.8 Å². The highest BCUT2D eigenvalue weighted by atomic mass is 19.1. The predicted molar refractivity (Wildman–Crippen MR) is 184 cm³/mol. The molecule has 0 unspecified atom stereocenters. The van der Waals surface area contributed by atoms with Crippen molar-refractivity contribution in [1.82, 2.24) is 14.7 Å². The van der Waals surface area contributed by atoms with Crippen LogP contribution >= 0.6 is 0 Å². The number of carbonyl (C=O) groups excluding carboxylic acids is 2. The van der Waals surface area contributed by atoms with Crippen LogP contribution in [0.5, 0.6) is 0 Å². The number of ketones is 1.